The van der Waals surface area contributed by atoms with Gasteiger partial charge in [0.05, 0.1) is 23.8 Å². The number of morpholine rings is 1. The molecule has 0 aliphatic carbocycles. The van der Waals surface area contributed by atoms with Crippen molar-refractivity contribution >= 4 is 38.9 Å². The molecule has 0 bridgehead atoms. The lowest BCUT2D eigenvalue weighted by atomic mass is 10.2. The van der Waals surface area contributed by atoms with Crippen LogP contribution in [0.25, 0.3) is 0 Å². The first kappa shape index (κ1) is 25.0. The highest BCUT2D eigenvalue weighted by molar-refractivity contribution is 7.92. The number of ether oxygens (including phenoxy) is 1. The van der Waals surface area contributed by atoms with E-state index in [4.69, 9.17) is 16.3 Å². The van der Waals surface area contributed by atoms with Gasteiger partial charge < -0.3 is 15.0 Å². The van der Waals surface area contributed by atoms with Crippen LogP contribution in [0.5, 0.6) is 0 Å². The third-order valence-corrected chi connectivity index (χ3v) is 7.82. The molecule has 0 aromatic heterocycles. The summed E-state index contributed by atoms with van der Waals surface area (Å²) in [5.41, 5.74) is 3.35. The Bertz CT molecular complexity index is 1260. The Morgan fingerprint density at radius 1 is 1.03 bits per heavy atom. The number of rotatable bonds is 8. The first-order valence-corrected chi connectivity index (χ1v) is 13.2. The lowest BCUT2D eigenvalue weighted by Gasteiger charge is -2.29. The molecular weight excluding hydrogens is 486 g/mol. The molecule has 1 saturated heterocycles. The van der Waals surface area contributed by atoms with Crippen LogP contribution in [0, 0.1) is 6.92 Å². The van der Waals surface area contributed by atoms with Gasteiger partial charge in [-0.15, -0.1) is 0 Å². The Kier molecular flexibility index (Phi) is 7.95. The van der Waals surface area contributed by atoms with E-state index < -0.39 is 15.9 Å². The van der Waals surface area contributed by atoms with Crippen molar-refractivity contribution in [1.29, 1.82) is 0 Å². The summed E-state index contributed by atoms with van der Waals surface area (Å²) >= 11 is 5.94. The summed E-state index contributed by atoms with van der Waals surface area (Å²) in [6.07, 6.45) is 0. The molecule has 0 unspecified atom stereocenters. The number of carbonyl (C=O) groups excluding carboxylic acids is 1. The summed E-state index contributed by atoms with van der Waals surface area (Å²) in [6.45, 7) is 4.96. The standard InChI is InChI=1S/C26H28ClN3O4S/c1-20-3-2-4-24(17-20)30(35(32,33)25-11-7-22(27)8-12-25)19-26(31)28-18-21-5-9-23(10-6-21)29-13-15-34-16-14-29/h2-12,17H,13-16,18-19H2,1H3,(H,28,31). The lowest BCUT2D eigenvalue weighted by molar-refractivity contribution is -0.119. The number of anilines is 2. The Labute approximate surface area is 211 Å². The third-order valence-electron chi connectivity index (χ3n) is 5.78. The van der Waals surface area contributed by atoms with E-state index in [9.17, 15) is 13.2 Å². The molecule has 4 rings (SSSR count). The Morgan fingerprint density at radius 2 is 1.71 bits per heavy atom. The van der Waals surface area contributed by atoms with Crippen LogP contribution in [0.1, 0.15) is 11.1 Å². The van der Waals surface area contributed by atoms with Crippen molar-refractivity contribution in [3.8, 4) is 0 Å². The Hall–Kier alpha value is -3.07. The van der Waals surface area contributed by atoms with E-state index in [-0.39, 0.29) is 11.4 Å². The molecule has 1 aliphatic heterocycles. The molecule has 1 aliphatic rings. The molecule has 9 heteroatoms. The highest BCUT2D eigenvalue weighted by Gasteiger charge is 2.27. The number of benzene rings is 3. The monoisotopic (exact) mass is 513 g/mol. The maximum Gasteiger partial charge on any atom is 0.264 e. The molecule has 1 fully saturated rings. The van der Waals surface area contributed by atoms with E-state index in [1.807, 2.05) is 37.3 Å². The number of halogens is 1. The second-order valence-corrected chi connectivity index (χ2v) is 10.6. The number of hydrogen-bond acceptors (Lipinski definition) is 5. The van der Waals surface area contributed by atoms with Crippen molar-refractivity contribution in [2.75, 3.05) is 42.1 Å². The SMILES string of the molecule is Cc1cccc(N(CC(=O)NCc2ccc(N3CCOCC3)cc2)S(=O)(=O)c2ccc(Cl)cc2)c1. The number of aryl methyl sites for hydroxylation is 1. The van der Waals surface area contributed by atoms with Crippen molar-refractivity contribution in [3.05, 3.63) is 88.9 Å². The average Bonchev–Trinajstić information content (AvgIpc) is 2.87. The van der Waals surface area contributed by atoms with Crippen molar-refractivity contribution in [3.63, 3.8) is 0 Å². The van der Waals surface area contributed by atoms with Gasteiger partial charge in [-0.2, -0.15) is 0 Å². The van der Waals surface area contributed by atoms with E-state index in [1.165, 1.54) is 24.3 Å². The minimum absolute atomic E-state index is 0.0647. The molecule has 184 valence electrons. The molecule has 0 atom stereocenters. The minimum Gasteiger partial charge on any atom is -0.378 e. The molecule has 0 radical (unpaired) electrons. The van der Waals surface area contributed by atoms with Crippen LogP contribution in [-0.4, -0.2) is 47.2 Å². The molecule has 0 spiro atoms. The highest BCUT2D eigenvalue weighted by Crippen LogP contribution is 2.25. The van der Waals surface area contributed by atoms with Gasteiger partial charge in [0.15, 0.2) is 0 Å². The van der Waals surface area contributed by atoms with Crippen LogP contribution in [0.2, 0.25) is 5.02 Å². The molecule has 7 nitrogen and oxygen atoms in total. The van der Waals surface area contributed by atoms with Gasteiger partial charge >= 0.3 is 0 Å². The quantitative estimate of drug-likeness (QED) is 0.492. The van der Waals surface area contributed by atoms with E-state index in [1.54, 1.807) is 18.2 Å². The number of carbonyl (C=O) groups is 1. The van der Waals surface area contributed by atoms with Crippen molar-refractivity contribution < 1.29 is 17.9 Å². The normalized spacial score (nSPS) is 13.9. The van der Waals surface area contributed by atoms with Gasteiger partial charge in [-0.05, 0) is 66.6 Å². The number of hydrogen-bond donors (Lipinski definition) is 1. The van der Waals surface area contributed by atoms with Crippen LogP contribution in [-0.2, 0) is 26.1 Å². The summed E-state index contributed by atoms with van der Waals surface area (Å²) in [4.78, 5) is 15.2. The van der Waals surface area contributed by atoms with Gasteiger partial charge in [-0.3, -0.25) is 9.10 Å². The zero-order chi connectivity index (χ0) is 24.8. The second-order valence-electron chi connectivity index (χ2n) is 8.35. The third kappa shape index (κ3) is 6.33. The van der Waals surface area contributed by atoms with E-state index >= 15 is 0 Å². The number of nitrogens with one attached hydrogen (secondary N) is 1. The van der Waals surface area contributed by atoms with Crippen LogP contribution < -0.4 is 14.5 Å². The van der Waals surface area contributed by atoms with Crippen LogP contribution in [0.15, 0.2) is 77.7 Å². The van der Waals surface area contributed by atoms with E-state index in [0.29, 0.717) is 30.5 Å². The molecule has 0 saturated carbocycles. The fourth-order valence-corrected chi connectivity index (χ4v) is 5.40. The number of sulfonamides is 1. The van der Waals surface area contributed by atoms with Gasteiger partial charge in [0, 0.05) is 30.3 Å². The summed E-state index contributed by atoms with van der Waals surface area (Å²) in [5, 5.41) is 3.28. The van der Waals surface area contributed by atoms with Gasteiger partial charge in [0.2, 0.25) is 5.91 Å². The van der Waals surface area contributed by atoms with Gasteiger partial charge in [-0.25, -0.2) is 8.42 Å². The first-order chi connectivity index (χ1) is 16.8. The van der Waals surface area contributed by atoms with E-state index in [0.717, 1.165) is 34.2 Å². The fourth-order valence-electron chi connectivity index (χ4n) is 3.87. The first-order valence-electron chi connectivity index (χ1n) is 11.4. The number of amides is 1. The molecular formula is C26H28ClN3O4S. The smallest absolute Gasteiger partial charge is 0.264 e. The minimum atomic E-state index is -3.99. The maximum atomic E-state index is 13.4. The number of nitrogens with zero attached hydrogens (tertiary/aromatic N) is 2. The lowest BCUT2D eigenvalue weighted by Crippen LogP contribution is -2.40. The Balaban J connectivity index is 1.47. The molecule has 3 aromatic carbocycles. The van der Waals surface area contributed by atoms with Crippen molar-refractivity contribution in [2.24, 2.45) is 0 Å². The fraction of sp³-hybridized carbons (Fsp3) is 0.269. The Morgan fingerprint density at radius 3 is 2.37 bits per heavy atom. The molecule has 3 aromatic rings. The zero-order valence-electron chi connectivity index (χ0n) is 19.5. The predicted molar refractivity (Wildman–Crippen MR) is 138 cm³/mol. The maximum absolute atomic E-state index is 13.4. The van der Waals surface area contributed by atoms with Crippen molar-refractivity contribution in [1.82, 2.24) is 5.32 Å². The predicted octanol–water partition coefficient (Wildman–Crippen LogP) is 4.00. The summed E-state index contributed by atoms with van der Waals surface area (Å²) < 4.78 is 33.4. The summed E-state index contributed by atoms with van der Waals surface area (Å²) in [5.74, 6) is -0.402. The van der Waals surface area contributed by atoms with Crippen LogP contribution >= 0.6 is 11.6 Å². The molecule has 35 heavy (non-hydrogen) atoms. The zero-order valence-corrected chi connectivity index (χ0v) is 21.1. The van der Waals surface area contributed by atoms with Gasteiger partial charge in [-0.1, -0.05) is 35.9 Å². The van der Waals surface area contributed by atoms with Gasteiger partial charge in [0.1, 0.15) is 6.54 Å². The second kappa shape index (κ2) is 11.1. The van der Waals surface area contributed by atoms with Crippen molar-refractivity contribution in [2.45, 2.75) is 18.4 Å². The summed E-state index contributed by atoms with van der Waals surface area (Å²) in [6, 6.07) is 21.0. The molecule has 1 heterocycles. The van der Waals surface area contributed by atoms with Crippen LogP contribution in [0.4, 0.5) is 11.4 Å². The average molecular weight is 514 g/mol. The largest absolute Gasteiger partial charge is 0.378 e. The molecule has 1 N–H and O–H groups in total. The van der Waals surface area contributed by atoms with E-state index in [2.05, 4.69) is 10.2 Å². The van der Waals surface area contributed by atoms with Gasteiger partial charge in [0.25, 0.3) is 10.0 Å². The van der Waals surface area contributed by atoms with Crippen LogP contribution in [0.3, 0.4) is 0 Å². The molecule has 1 amide bonds. The highest BCUT2D eigenvalue weighted by atomic mass is 35.5. The topological polar surface area (TPSA) is 79.0 Å². The summed E-state index contributed by atoms with van der Waals surface area (Å²) in [7, 11) is -3.99.